The van der Waals surface area contributed by atoms with E-state index in [1.54, 1.807) is 18.4 Å². The lowest BCUT2D eigenvalue weighted by Crippen LogP contribution is -2.37. The fraction of sp³-hybridized carbons (Fsp3) is 0.308. The molecule has 2 heterocycles. The van der Waals surface area contributed by atoms with Gasteiger partial charge in [0.1, 0.15) is 12.4 Å². The number of methoxy groups -OCH3 is 1. The molecule has 0 aliphatic carbocycles. The van der Waals surface area contributed by atoms with Crippen LogP contribution in [0.4, 0.5) is 5.82 Å². The Morgan fingerprint density at radius 3 is 2.76 bits per heavy atom. The van der Waals surface area contributed by atoms with Crippen molar-refractivity contribution in [2.45, 2.75) is 13.0 Å². The molecular weight excluding hydrogens is 294 g/mol. The fourth-order valence-corrected chi connectivity index (χ4v) is 2.60. The first-order chi connectivity index (χ1) is 10.1. The number of ether oxygens (including phenoxy) is 1. The number of hydrogen-bond donors (Lipinski definition) is 2. The third kappa shape index (κ3) is 4.14. The standard InChI is InChI=1S/C13H15N3O4S/c1-8-3-4-10(21-8)9(19-2)7-14-12(17)13(18)15-11-5-6-20-16-11/h3-6,9H,7H2,1-2H3,(H,14,17)(H,15,16,18)/t9-/m1/s1. The Bertz CT molecular complexity index is 609. The smallest absolute Gasteiger partial charge is 0.314 e. The molecule has 0 aliphatic rings. The van der Waals surface area contributed by atoms with E-state index in [1.165, 1.54) is 12.3 Å². The van der Waals surface area contributed by atoms with Gasteiger partial charge in [0.05, 0.1) is 0 Å². The molecule has 2 N–H and O–H groups in total. The van der Waals surface area contributed by atoms with Gasteiger partial charge in [-0.2, -0.15) is 0 Å². The van der Waals surface area contributed by atoms with Crippen LogP contribution in [0.5, 0.6) is 0 Å². The second-order valence-electron chi connectivity index (χ2n) is 4.22. The van der Waals surface area contributed by atoms with E-state index in [9.17, 15) is 9.59 Å². The van der Waals surface area contributed by atoms with E-state index >= 15 is 0 Å². The predicted molar refractivity (Wildman–Crippen MR) is 76.9 cm³/mol. The zero-order valence-corrected chi connectivity index (χ0v) is 12.4. The monoisotopic (exact) mass is 309 g/mol. The molecule has 0 radical (unpaired) electrons. The van der Waals surface area contributed by atoms with E-state index in [0.29, 0.717) is 0 Å². The molecule has 2 aromatic rings. The number of carbonyl (C=O) groups excluding carboxylic acids is 2. The quantitative estimate of drug-likeness (QED) is 0.816. The topological polar surface area (TPSA) is 93.5 Å². The van der Waals surface area contributed by atoms with E-state index in [2.05, 4.69) is 20.3 Å². The van der Waals surface area contributed by atoms with Crippen molar-refractivity contribution in [1.82, 2.24) is 10.5 Å². The Labute approximate surface area is 125 Å². The van der Waals surface area contributed by atoms with Crippen molar-refractivity contribution in [3.63, 3.8) is 0 Å². The Hall–Kier alpha value is -2.19. The molecule has 0 bridgehead atoms. The lowest BCUT2D eigenvalue weighted by atomic mass is 10.3. The number of aryl methyl sites for hydroxylation is 1. The van der Waals surface area contributed by atoms with Crippen LogP contribution in [0.2, 0.25) is 0 Å². The summed E-state index contributed by atoms with van der Waals surface area (Å²) in [4.78, 5) is 25.4. The molecule has 7 nitrogen and oxygen atoms in total. The number of aromatic nitrogens is 1. The molecule has 0 saturated heterocycles. The Balaban J connectivity index is 1.86. The predicted octanol–water partition coefficient (Wildman–Crippen LogP) is 1.49. The van der Waals surface area contributed by atoms with Gasteiger partial charge >= 0.3 is 11.8 Å². The van der Waals surface area contributed by atoms with Crippen LogP contribution in [0.25, 0.3) is 0 Å². The zero-order chi connectivity index (χ0) is 15.2. The minimum Gasteiger partial charge on any atom is -0.374 e. The van der Waals surface area contributed by atoms with Gasteiger partial charge in [-0.3, -0.25) is 14.9 Å². The van der Waals surface area contributed by atoms with Crippen molar-refractivity contribution in [3.05, 3.63) is 34.2 Å². The van der Waals surface area contributed by atoms with Gasteiger partial charge < -0.3 is 14.6 Å². The SMILES string of the molecule is CO[C@H](CNC(=O)C(=O)Nc1ccon1)c1ccc(C)s1. The molecule has 0 aliphatic heterocycles. The Morgan fingerprint density at radius 1 is 1.38 bits per heavy atom. The van der Waals surface area contributed by atoms with Gasteiger partial charge in [0.25, 0.3) is 0 Å². The maximum absolute atomic E-state index is 11.7. The minimum atomic E-state index is -0.805. The summed E-state index contributed by atoms with van der Waals surface area (Å²) in [5.41, 5.74) is 0. The number of amides is 2. The van der Waals surface area contributed by atoms with Crippen LogP contribution in [0.15, 0.2) is 29.0 Å². The molecule has 0 aromatic carbocycles. The van der Waals surface area contributed by atoms with Gasteiger partial charge in [-0.15, -0.1) is 11.3 Å². The van der Waals surface area contributed by atoms with E-state index < -0.39 is 11.8 Å². The van der Waals surface area contributed by atoms with E-state index in [-0.39, 0.29) is 18.5 Å². The molecule has 0 spiro atoms. The first-order valence-electron chi connectivity index (χ1n) is 6.19. The van der Waals surface area contributed by atoms with Crippen molar-refractivity contribution in [3.8, 4) is 0 Å². The Kier molecular flexibility index (Phi) is 5.07. The number of hydrogen-bond acceptors (Lipinski definition) is 6. The fourth-order valence-electron chi connectivity index (χ4n) is 1.64. The van der Waals surface area contributed by atoms with Crippen LogP contribution < -0.4 is 10.6 Å². The van der Waals surface area contributed by atoms with Gasteiger partial charge in [0.2, 0.25) is 0 Å². The van der Waals surface area contributed by atoms with Crippen LogP contribution in [0, 0.1) is 6.92 Å². The summed E-state index contributed by atoms with van der Waals surface area (Å²) in [6.07, 6.45) is 1.01. The lowest BCUT2D eigenvalue weighted by Gasteiger charge is -2.14. The molecule has 0 saturated carbocycles. The highest BCUT2D eigenvalue weighted by atomic mass is 32.1. The summed E-state index contributed by atoms with van der Waals surface area (Å²) < 4.78 is 9.88. The van der Waals surface area contributed by atoms with Gasteiger partial charge in [0.15, 0.2) is 5.82 Å². The second kappa shape index (κ2) is 7.00. The molecule has 1 atom stereocenters. The lowest BCUT2D eigenvalue weighted by molar-refractivity contribution is -0.136. The molecule has 2 aromatic heterocycles. The van der Waals surface area contributed by atoms with Crippen LogP contribution in [0.3, 0.4) is 0 Å². The highest BCUT2D eigenvalue weighted by Crippen LogP contribution is 2.24. The summed E-state index contributed by atoms with van der Waals surface area (Å²) in [6.45, 7) is 2.20. The zero-order valence-electron chi connectivity index (χ0n) is 11.6. The molecule has 112 valence electrons. The van der Waals surface area contributed by atoms with Crippen LogP contribution >= 0.6 is 11.3 Å². The van der Waals surface area contributed by atoms with Crippen molar-refractivity contribution < 1.29 is 18.8 Å². The van der Waals surface area contributed by atoms with E-state index in [0.717, 1.165) is 9.75 Å². The summed E-state index contributed by atoms with van der Waals surface area (Å²) >= 11 is 1.59. The maximum atomic E-state index is 11.7. The molecule has 0 fully saturated rings. The highest BCUT2D eigenvalue weighted by molar-refractivity contribution is 7.12. The summed E-state index contributed by atoms with van der Waals surface area (Å²) in [5, 5.41) is 8.33. The van der Waals surface area contributed by atoms with Crippen molar-refractivity contribution in [2.75, 3.05) is 19.0 Å². The van der Waals surface area contributed by atoms with Gasteiger partial charge in [-0.05, 0) is 19.1 Å². The molecule has 2 amide bonds. The number of nitrogens with zero attached hydrogens (tertiary/aromatic N) is 1. The first-order valence-corrected chi connectivity index (χ1v) is 7.00. The summed E-state index contributed by atoms with van der Waals surface area (Å²) in [5.74, 6) is -1.37. The number of nitrogens with one attached hydrogen (secondary N) is 2. The number of carbonyl (C=O) groups is 2. The van der Waals surface area contributed by atoms with Crippen LogP contribution in [-0.4, -0.2) is 30.6 Å². The third-order valence-corrected chi connectivity index (χ3v) is 3.79. The number of rotatable bonds is 5. The highest BCUT2D eigenvalue weighted by Gasteiger charge is 2.18. The summed E-state index contributed by atoms with van der Waals surface area (Å²) in [6, 6.07) is 5.36. The second-order valence-corrected chi connectivity index (χ2v) is 5.54. The molecule has 2 rings (SSSR count). The maximum Gasteiger partial charge on any atom is 0.314 e. The van der Waals surface area contributed by atoms with Crippen LogP contribution in [0.1, 0.15) is 15.9 Å². The summed E-state index contributed by atoms with van der Waals surface area (Å²) in [7, 11) is 1.56. The average molecular weight is 309 g/mol. The normalized spacial score (nSPS) is 11.9. The van der Waals surface area contributed by atoms with Crippen molar-refractivity contribution in [1.29, 1.82) is 0 Å². The first kappa shape index (κ1) is 15.2. The van der Waals surface area contributed by atoms with Gasteiger partial charge in [-0.1, -0.05) is 5.16 Å². The Morgan fingerprint density at radius 2 is 2.19 bits per heavy atom. The molecule has 0 unspecified atom stereocenters. The number of anilines is 1. The average Bonchev–Trinajstić information content (AvgIpc) is 3.11. The third-order valence-electron chi connectivity index (χ3n) is 2.70. The molecular formula is C13H15N3O4S. The van der Waals surface area contributed by atoms with E-state index in [1.807, 2.05) is 19.1 Å². The van der Waals surface area contributed by atoms with Gasteiger partial charge in [-0.25, -0.2) is 0 Å². The van der Waals surface area contributed by atoms with Gasteiger partial charge in [0, 0.05) is 29.5 Å². The van der Waals surface area contributed by atoms with E-state index in [4.69, 9.17) is 4.74 Å². The van der Waals surface area contributed by atoms with Crippen molar-refractivity contribution in [2.24, 2.45) is 0 Å². The van der Waals surface area contributed by atoms with Crippen molar-refractivity contribution >= 4 is 29.0 Å². The largest absolute Gasteiger partial charge is 0.374 e. The minimum absolute atomic E-state index is 0.187. The van der Waals surface area contributed by atoms with Crippen LogP contribution in [-0.2, 0) is 14.3 Å². The molecule has 21 heavy (non-hydrogen) atoms. The number of thiophene rings is 1. The molecule has 8 heteroatoms.